The predicted molar refractivity (Wildman–Crippen MR) is 82.8 cm³/mol. The highest BCUT2D eigenvalue weighted by molar-refractivity contribution is 7.89. The maximum atomic E-state index is 12.5. The van der Waals surface area contributed by atoms with E-state index in [9.17, 15) is 13.2 Å². The Morgan fingerprint density at radius 2 is 2.18 bits per heavy atom. The SMILES string of the molecule is CC(=O)N1c2ccc(S(=O)(=O)N(C)CCC#N)cc2CC1C. The molecule has 1 atom stereocenters. The molecular weight excluding hydrogens is 302 g/mol. The highest BCUT2D eigenvalue weighted by atomic mass is 32.2. The van der Waals surface area contributed by atoms with Crippen LogP contribution in [-0.2, 0) is 21.2 Å². The first-order valence-electron chi connectivity index (χ1n) is 7.05. The standard InChI is InChI=1S/C15H19N3O3S/c1-11-9-13-10-14(5-6-15(13)18(11)12(2)19)22(20,21)17(3)8-4-7-16/h5-6,10-11H,4,8-9H2,1-3H3. The Morgan fingerprint density at radius 3 is 2.77 bits per heavy atom. The van der Waals surface area contributed by atoms with E-state index in [0.29, 0.717) is 6.42 Å². The monoisotopic (exact) mass is 321 g/mol. The lowest BCUT2D eigenvalue weighted by atomic mass is 10.1. The molecule has 0 aromatic heterocycles. The minimum absolute atomic E-state index is 0.0294. The van der Waals surface area contributed by atoms with Gasteiger partial charge >= 0.3 is 0 Å². The van der Waals surface area contributed by atoms with Crippen LogP contribution in [0.4, 0.5) is 5.69 Å². The van der Waals surface area contributed by atoms with Crippen molar-refractivity contribution in [3.63, 3.8) is 0 Å². The minimum atomic E-state index is -3.61. The number of sulfonamides is 1. The molecule has 0 aliphatic carbocycles. The predicted octanol–water partition coefficient (Wildman–Crippen LogP) is 1.52. The molecule has 22 heavy (non-hydrogen) atoms. The van der Waals surface area contributed by atoms with Crippen molar-refractivity contribution < 1.29 is 13.2 Å². The zero-order chi connectivity index (χ0) is 16.5. The maximum Gasteiger partial charge on any atom is 0.242 e. The van der Waals surface area contributed by atoms with E-state index in [1.54, 1.807) is 17.0 Å². The van der Waals surface area contributed by atoms with E-state index in [1.165, 1.54) is 24.3 Å². The molecule has 0 N–H and O–H groups in total. The van der Waals surface area contributed by atoms with Gasteiger partial charge in [0, 0.05) is 38.7 Å². The summed E-state index contributed by atoms with van der Waals surface area (Å²) in [6, 6.07) is 6.80. The molecule has 1 heterocycles. The summed E-state index contributed by atoms with van der Waals surface area (Å²) in [4.78, 5) is 13.6. The van der Waals surface area contributed by atoms with Crippen molar-refractivity contribution in [3.8, 4) is 6.07 Å². The van der Waals surface area contributed by atoms with Crippen LogP contribution in [0.3, 0.4) is 0 Å². The van der Waals surface area contributed by atoms with Crippen LogP contribution in [0.25, 0.3) is 0 Å². The van der Waals surface area contributed by atoms with Gasteiger partial charge in [-0.05, 0) is 37.1 Å². The summed E-state index contributed by atoms with van der Waals surface area (Å²) in [6.45, 7) is 3.60. The highest BCUT2D eigenvalue weighted by Gasteiger charge is 2.31. The molecule has 0 saturated heterocycles. The van der Waals surface area contributed by atoms with Gasteiger partial charge in [-0.1, -0.05) is 0 Å². The van der Waals surface area contributed by atoms with Crippen LogP contribution in [-0.4, -0.2) is 38.3 Å². The van der Waals surface area contributed by atoms with Gasteiger partial charge in [-0.2, -0.15) is 9.57 Å². The number of benzene rings is 1. The average Bonchev–Trinajstić information content (AvgIpc) is 2.79. The van der Waals surface area contributed by atoms with Crippen LogP contribution < -0.4 is 4.90 Å². The van der Waals surface area contributed by atoms with E-state index < -0.39 is 10.0 Å². The molecule has 0 fully saturated rings. The summed E-state index contributed by atoms with van der Waals surface area (Å²) >= 11 is 0. The Balaban J connectivity index is 2.36. The topological polar surface area (TPSA) is 81.5 Å². The van der Waals surface area contributed by atoms with Crippen LogP contribution >= 0.6 is 0 Å². The number of hydrogen-bond donors (Lipinski definition) is 0. The lowest BCUT2D eigenvalue weighted by Crippen LogP contribution is -2.33. The molecule has 1 aliphatic rings. The number of anilines is 1. The number of nitriles is 1. The van der Waals surface area contributed by atoms with Gasteiger partial charge in [-0.3, -0.25) is 4.79 Å². The van der Waals surface area contributed by atoms with Crippen molar-refractivity contribution in [1.29, 1.82) is 5.26 Å². The molecule has 1 unspecified atom stereocenters. The third-order valence-corrected chi connectivity index (χ3v) is 5.71. The number of carbonyl (C=O) groups is 1. The van der Waals surface area contributed by atoms with E-state index in [2.05, 4.69) is 0 Å². The first-order valence-corrected chi connectivity index (χ1v) is 8.49. The summed E-state index contributed by atoms with van der Waals surface area (Å²) in [7, 11) is -2.15. The normalized spacial score (nSPS) is 17.4. The molecule has 0 radical (unpaired) electrons. The fraction of sp³-hybridized carbons (Fsp3) is 0.467. The second-order valence-electron chi connectivity index (χ2n) is 5.47. The van der Waals surface area contributed by atoms with Gasteiger partial charge in [0.15, 0.2) is 0 Å². The van der Waals surface area contributed by atoms with Gasteiger partial charge in [-0.15, -0.1) is 0 Å². The second-order valence-corrected chi connectivity index (χ2v) is 7.51. The van der Waals surface area contributed by atoms with Gasteiger partial charge < -0.3 is 4.90 Å². The summed E-state index contributed by atoms with van der Waals surface area (Å²) in [6.07, 6.45) is 0.788. The van der Waals surface area contributed by atoms with Crippen molar-refractivity contribution in [2.24, 2.45) is 0 Å². The fourth-order valence-electron chi connectivity index (χ4n) is 2.76. The molecular formula is C15H19N3O3S. The Hall–Kier alpha value is -1.91. The smallest absolute Gasteiger partial charge is 0.242 e. The number of rotatable bonds is 4. The average molecular weight is 321 g/mol. The summed E-state index contributed by atoms with van der Waals surface area (Å²) in [5.41, 5.74) is 1.64. The van der Waals surface area contributed by atoms with Crippen molar-refractivity contribution in [1.82, 2.24) is 4.31 Å². The zero-order valence-electron chi connectivity index (χ0n) is 12.9. The van der Waals surface area contributed by atoms with Crippen molar-refractivity contribution in [2.75, 3.05) is 18.5 Å². The number of amides is 1. The van der Waals surface area contributed by atoms with E-state index in [-0.39, 0.29) is 29.8 Å². The molecule has 0 bridgehead atoms. The summed E-state index contributed by atoms with van der Waals surface area (Å²) < 4.78 is 26.1. The van der Waals surface area contributed by atoms with Gasteiger partial charge in [0.25, 0.3) is 0 Å². The molecule has 0 saturated carbocycles. The Morgan fingerprint density at radius 1 is 1.50 bits per heavy atom. The van der Waals surface area contributed by atoms with Crippen LogP contribution in [0.5, 0.6) is 0 Å². The molecule has 7 heteroatoms. The number of carbonyl (C=O) groups excluding carboxylic acids is 1. The fourth-order valence-corrected chi connectivity index (χ4v) is 3.98. The Kier molecular flexibility index (Phi) is 4.54. The van der Waals surface area contributed by atoms with Gasteiger partial charge in [0.2, 0.25) is 15.9 Å². The minimum Gasteiger partial charge on any atom is -0.309 e. The molecule has 1 amide bonds. The molecule has 1 aliphatic heterocycles. The Bertz CT molecular complexity index is 737. The summed E-state index contributed by atoms with van der Waals surface area (Å²) in [5, 5.41) is 8.58. The van der Waals surface area contributed by atoms with Crippen LogP contribution in [0, 0.1) is 11.3 Å². The zero-order valence-corrected chi connectivity index (χ0v) is 13.7. The largest absolute Gasteiger partial charge is 0.309 e. The molecule has 1 aromatic carbocycles. The van der Waals surface area contributed by atoms with Crippen LogP contribution in [0.15, 0.2) is 23.1 Å². The van der Waals surface area contributed by atoms with E-state index in [0.717, 1.165) is 11.3 Å². The van der Waals surface area contributed by atoms with E-state index >= 15 is 0 Å². The highest BCUT2D eigenvalue weighted by Crippen LogP contribution is 2.34. The quantitative estimate of drug-likeness (QED) is 0.842. The van der Waals surface area contributed by atoms with Crippen molar-refractivity contribution >= 4 is 21.6 Å². The first kappa shape index (κ1) is 16.5. The first-order chi connectivity index (χ1) is 10.3. The van der Waals surface area contributed by atoms with E-state index in [1.807, 2.05) is 13.0 Å². The van der Waals surface area contributed by atoms with Crippen LogP contribution in [0.1, 0.15) is 25.8 Å². The van der Waals surface area contributed by atoms with E-state index in [4.69, 9.17) is 5.26 Å². The molecule has 0 spiro atoms. The third kappa shape index (κ3) is 2.85. The molecule has 1 aromatic rings. The van der Waals surface area contributed by atoms with Gasteiger partial charge in [-0.25, -0.2) is 8.42 Å². The molecule has 6 nitrogen and oxygen atoms in total. The number of fused-ring (bicyclic) bond motifs is 1. The molecule has 118 valence electrons. The third-order valence-electron chi connectivity index (χ3n) is 3.85. The summed E-state index contributed by atoms with van der Waals surface area (Å²) in [5.74, 6) is -0.0482. The van der Waals surface area contributed by atoms with Gasteiger partial charge in [0.05, 0.1) is 11.0 Å². The number of hydrogen-bond acceptors (Lipinski definition) is 4. The Labute approximate surface area is 131 Å². The maximum absolute atomic E-state index is 12.5. The second kappa shape index (κ2) is 6.07. The van der Waals surface area contributed by atoms with Gasteiger partial charge in [0.1, 0.15) is 0 Å². The molecule has 2 rings (SSSR count). The van der Waals surface area contributed by atoms with Crippen molar-refractivity contribution in [3.05, 3.63) is 23.8 Å². The lowest BCUT2D eigenvalue weighted by molar-refractivity contribution is -0.116. The van der Waals surface area contributed by atoms with Crippen LogP contribution in [0.2, 0.25) is 0 Å². The van der Waals surface area contributed by atoms with Crippen molar-refractivity contribution in [2.45, 2.75) is 37.6 Å². The number of nitrogens with zero attached hydrogens (tertiary/aromatic N) is 3. The lowest BCUT2D eigenvalue weighted by Gasteiger charge is -2.21.